The molecule has 2 aliphatic rings. The van der Waals surface area contributed by atoms with Gasteiger partial charge in [-0.25, -0.2) is 0 Å². The van der Waals surface area contributed by atoms with Crippen LogP contribution in [0.15, 0.2) is 4.52 Å². The monoisotopic (exact) mass is 236 g/mol. The van der Waals surface area contributed by atoms with E-state index in [1.54, 1.807) is 6.92 Å². The molecule has 1 aromatic rings. The van der Waals surface area contributed by atoms with Crippen molar-refractivity contribution in [2.24, 2.45) is 11.3 Å². The van der Waals surface area contributed by atoms with Crippen LogP contribution in [0.1, 0.15) is 25.1 Å². The molecule has 6 heteroatoms. The largest absolute Gasteiger partial charge is 0.328 e. The minimum atomic E-state index is 0.0237. The van der Waals surface area contributed by atoms with Crippen molar-refractivity contribution in [3.05, 3.63) is 5.82 Å². The molecule has 0 aromatic carbocycles. The zero-order chi connectivity index (χ0) is 11.9. The number of aromatic nitrogens is 2. The summed E-state index contributed by atoms with van der Waals surface area (Å²) < 4.78 is 4.88. The number of hydrogen-bond donors (Lipinski definition) is 2. The second-order valence-corrected chi connectivity index (χ2v) is 5.01. The Hall–Kier alpha value is -1.43. The molecule has 1 spiro atoms. The van der Waals surface area contributed by atoms with Crippen molar-refractivity contribution in [2.75, 3.05) is 18.4 Å². The van der Waals surface area contributed by atoms with Crippen molar-refractivity contribution in [3.63, 3.8) is 0 Å². The highest BCUT2D eigenvalue weighted by molar-refractivity contribution is 5.93. The van der Waals surface area contributed by atoms with Gasteiger partial charge in [0.1, 0.15) is 0 Å². The van der Waals surface area contributed by atoms with Crippen LogP contribution in [0.4, 0.5) is 6.01 Å². The van der Waals surface area contributed by atoms with Crippen LogP contribution in [0.25, 0.3) is 0 Å². The number of nitrogens with one attached hydrogen (secondary N) is 2. The van der Waals surface area contributed by atoms with Gasteiger partial charge in [-0.3, -0.25) is 10.1 Å². The van der Waals surface area contributed by atoms with Gasteiger partial charge < -0.3 is 9.84 Å². The summed E-state index contributed by atoms with van der Waals surface area (Å²) in [6.45, 7) is 3.76. The van der Waals surface area contributed by atoms with E-state index in [1.165, 1.54) is 0 Å². The molecular weight excluding hydrogens is 220 g/mol. The van der Waals surface area contributed by atoms with E-state index < -0.39 is 0 Å². The molecule has 17 heavy (non-hydrogen) atoms. The zero-order valence-electron chi connectivity index (χ0n) is 9.82. The molecule has 3 rings (SSSR count). The highest BCUT2D eigenvalue weighted by Crippen LogP contribution is 2.58. The molecule has 1 aliphatic heterocycles. The number of aryl methyl sites for hydroxylation is 1. The third-order valence-electron chi connectivity index (χ3n) is 3.86. The predicted octanol–water partition coefficient (Wildman–Crippen LogP) is 0.706. The summed E-state index contributed by atoms with van der Waals surface area (Å²) in [6, 6.07) is 0.212. The first-order valence-corrected chi connectivity index (χ1v) is 6.02. The van der Waals surface area contributed by atoms with E-state index in [-0.39, 0.29) is 23.3 Å². The molecule has 2 fully saturated rings. The van der Waals surface area contributed by atoms with E-state index in [2.05, 4.69) is 20.8 Å². The first kappa shape index (κ1) is 10.7. The van der Waals surface area contributed by atoms with Gasteiger partial charge >= 0.3 is 6.01 Å². The third kappa shape index (κ3) is 1.93. The van der Waals surface area contributed by atoms with Gasteiger partial charge in [0.25, 0.3) is 0 Å². The molecule has 1 unspecified atom stereocenters. The lowest BCUT2D eigenvalue weighted by Gasteiger charge is -2.22. The topological polar surface area (TPSA) is 80.0 Å². The molecule has 2 heterocycles. The minimum absolute atomic E-state index is 0.0237. The van der Waals surface area contributed by atoms with Crippen LogP contribution in [0.3, 0.4) is 0 Å². The molecule has 1 atom stereocenters. The molecule has 1 aromatic heterocycles. The van der Waals surface area contributed by atoms with Gasteiger partial charge in [0.15, 0.2) is 5.82 Å². The van der Waals surface area contributed by atoms with Crippen LogP contribution in [0, 0.1) is 18.3 Å². The summed E-state index contributed by atoms with van der Waals surface area (Å²) in [5, 5.41) is 9.66. The molecular formula is C11H16N4O2. The number of anilines is 1. The standard InChI is InChI=1S/C11H16N4O2/c1-7-13-10(17-15-7)14-9(16)8-6-11(8)2-4-12-5-3-11/h8,12H,2-6H2,1H3,(H,13,14,15,16). The first-order valence-electron chi connectivity index (χ1n) is 6.02. The lowest BCUT2D eigenvalue weighted by Crippen LogP contribution is -2.31. The smallest absolute Gasteiger partial charge is 0.317 e. The van der Waals surface area contributed by atoms with Crippen molar-refractivity contribution in [1.29, 1.82) is 0 Å². The second-order valence-electron chi connectivity index (χ2n) is 5.01. The van der Waals surface area contributed by atoms with Crippen molar-refractivity contribution in [1.82, 2.24) is 15.5 Å². The van der Waals surface area contributed by atoms with E-state index >= 15 is 0 Å². The predicted molar refractivity (Wildman–Crippen MR) is 60.3 cm³/mol. The number of piperidine rings is 1. The van der Waals surface area contributed by atoms with Crippen molar-refractivity contribution >= 4 is 11.9 Å². The molecule has 0 radical (unpaired) electrons. The van der Waals surface area contributed by atoms with Crippen molar-refractivity contribution < 1.29 is 9.32 Å². The van der Waals surface area contributed by atoms with Crippen molar-refractivity contribution in [3.8, 4) is 0 Å². The molecule has 92 valence electrons. The van der Waals surface area contributed by atoms with Crippen LogP contribution >= 0.6 is 0 Å². The number of hydrogen-bond acceptors (Lipinski definition) is 5. The van der Waals surface area contributed by atoms with Gasteiger partial charge in [0.2, 0.25) is 5.91 Å². The average Bonchev–Trinajstić information content (AvgIpc) is 2.85. The number of carbonyl (C=O) groups is 1. The van der Waals surface area contributed by atoms with Crippen molar-refractivity contribution in [2.45, 2.75) is 26.2 Å². The second kappa shape index (κ2) is 3.80. The lowest BCUT2D eigenvalue weighted by atomic mass is 9.92. The summed E-state index contributed by atoms with van der Waals surface area (Å²) in [4.78, 5) is 16.0. The highest BCUT2D eigenvalue weighted by Gasteiger charge is 2.57. The van der Waals surface area contributed by atoms with E-state index in [1.807, 2.05) is 0 Å². The zero-order valence-corrected chi connectivity index (χ0v) is 9.82. The van der Waals surface area contributed by atoms with Crippen LogP contribution in [-0.4, -0.2) is 29.1 Å². The van der Waals surface area contributed by atoms with E-state index in [4.69, 9.17) is 4.52 Å². The van der Waals surface area contributed by atoms with Crippen LogP contribution in [-0.2, 0) is 4.79 Å². The molecule has 0 bridgehead atoms. The Kier molecular flexibility index (Phi) is 2.39. The molecule has 1 amide bonds. The van der Waals surface area contributed by atoms with Crippen LogP contribution in [0.5, 0.6) is 0 Å². The SMILES string of the molecule is Cc1noc(NC(=O)C2CC23CCNCC3)n1. The Bertz CT molecular complexity index is 436. The van der Waals surface area contributed by atoms with Gasteiger partial charge in [-0.05, 0) is 44.7 Å². The number of carbonyl (C=O) groups excluding carboxylic acids is 1. The Morgan fingerprint density at radius 1 is 1.53 bits per heavy atom. The molecule has 2 N–H and O–H groups in total. The maximum Gasteiger partial charge on any atom is 0.328 e. The number of amides is 1. The summed E-state index contributed by atoms with van der Waals surface area (Å²) >= 11 is 0. The van der Waals surface area contributed by atoms with E-state index in [0.29, 0.717) is 5.82 Å². The summed E-state index contributed by atoms with van der Waals surface area (Å²) in [5.41, 5.74) is 0.240. The fraction of sp³-hybridized carbons (Fsp3) is 0.727. The maximum atomic E-state index is 12.0. The fourth-order valence-corrected chi connectivity index (χ4v) is 2.74. The average molecular weight is 236 g/mol. The minimum Gasteiger partial charge on any atom is -0.317 e. The number of nitrogens with zero attached hydrogens (tertiary/aromatic N) is 2. The fourth-order valence-electron chi connectivity index (χ4n) is 2.74. The van der Waals surface area contributed by atoms with Gasteiger partial charge in [0.05, 0.1) is 0 Å². The highest BCUT2D eigenvalue weighted by atomic mass is 16.5. The lowest BCUT2D eigenvalue weighted by molar-refractivity contribution is -0.118. The van der Waals surface area contributed by atoms with Gasteiger partial charge in [-0.15, -0.1) is 0 Å². The van der Waals surface area contributed by atoms with Crippen LogP contribution in [0.2, 0.25) is 0 Å². The van der Waals surface area contributed by atoms with E-state index in [0.717, 1.165) is 32.4 Å². The summed E-state index contributed by atoms with van der Waals surface area (Å²) in [5.74, 6) is 0.681. The Labute approximate surface area is 99.2 Å². The van der Waals surface area contributed by atoms with Gasteiger partial charge in [0, 0.05) is 5.92 Å². The molecule has 1 aliphatic carbocycles. The summed E-state index contributed by atoms with van der Waals surface area (Å²) in [7, 11) is 0. The molecule has 1 saturated heterocycles. The van der Waals surface area contributed by atoms with Gasteiger partial charge in [-0.1, -0.05) is 5.16 Å². The Morgan fingerprint density at radius 3 is 2.94 bits per heavy atom. The van der Waals surface area contributed by atoms with E-state index in [9.17, 15) is 4.79 Å². The Morgan fingerprint density at radius 2 is 2.29 bits per heavy atom. The maximum absolute atomic E-state index is 12.0. The summed E-state index contributed by atoms with van der Waals surface area (Å²) in [6.07, 6.45) is 3.18. The quantitative estimate of drug-likeness (QED) is 0.790. The Balaban J connectivity index is 1.61. The third-order valence-corrected chi connectivity index (χ3v) is 3.86. The first-order chi connectivity index (χ1) is 8.20. The molecule has 1 saturated carbocycles. The molecule has 6 nitrogen and oxygen atoms in total. The number of rotatable bonds is 2. The van der Waals surface area contributed by atoms with Crippen LogP contribution < -0.4 is 10.6 Å². The normalized spacial score (nSPS) is 25.8. The van der Waals surface area contributed by atoms with Gasteiger partial charge in [-0.2, -0.15) is 4.98 Å².